The van der Waals surface area contributed by atoms with E-state index in [4.69, 9.17) is 0 Å². The molecule has 1 aliphatic rings. The minimum absolute atomic E-state index is 0. The van der Waals surface area contributed by atoms with Crippen molar-refractivity contribution in [1.82, 2.24) is 10.6 Å². The van der Waals surface area contributed by atoms with Crippen LogP contribution in [0.3, 0.4) is 0 Å². The van der Waals surface area contributed by atoms with Gasteiger partial charge in [-0.2, -0.15) is 11.8 Å². The molecule has 114 valence electrons. The molecule has 1 rings (SSSR count). The normalized spacial score (nSPS) is 18.5. The van der Waals surface area contributed by atoms with E-state index in [0.717, 1.165) is 19.6 Å². The summed E-state index contributed by atoms with van der Waals surface area (Å²) < 4.78 is 0.133. The van der Waals surface area contributed by atoms with Gasteiger partial charge in [0.15, 0.2) is 0 Å². The van der Waals surface area contributed by atoms with Gasteiger partial charge in [0.25, 0.3) is 0 Å². The molecule has 0 aliphatic carbocycles. The van der Waals surface area contributed by atoms with Crippen molar-refractivity contribution in [2.75, 3.05) is 25.9 Å². The maximum Gasteiger partial charge on any atom is 0.220 e. The van der Waals surface area contributed by atoms with Crippen LogP contribution in [0.1, 0.15) is 40.0 Å². The SMILES string of the molecule is CSC(C)(C)CNC(=O)CC(C)C1CCNCC1.Cl. The fraction of sp³-hybridized carbons (Fsp3) is 0.929. The topological polar surface area (TPSA) is 41.1 Å². The average Bonchev–Trinajstić information content (AvgIpc) is 2.37. The van der Waals surface area contributed by atoms with Crippen molar-refractivity contribution >= 4 is 30.1 Å². The molecule has 0 bridgehead atoms. The third-order valence-electron chi connectivity index (χ3n) is 3.96. The van der Waals surface area contributed by atoms with Gasteiger partial charge in [0.1, 0.15) is 0 Å². The Morgan fingerprint density at radius 3 is 2.53 bits per heavy atom. The molecule has 0 spiro atoms. The fourth-order valence-corrected chi connectivity index (χ4v) is 2.54. The molecule has 1 atom stereocenters. The lowest BCUT2D eigenvalue weighted by Gasteiger charge is -2.28. The highest BCUT2D eigenvalue weighted by atomic mass is 35.5. The molecule has 0 aromatic carbocycles. The van der Waals surface area contributed by atoms with Crippen LogP contribution < -0.4 is 10.6 Å². The molecule has 1 fully saturated rings. The van der Waals surface area contributed by atoms with Gasteiger partial charge in [-0.05, 0) is 57.9 Å². The van der Waals surface area contributed by atoms with Crippen molar-refractivity contribution in [2.24, 2.45) is 11.8 Å². The molecule has 1 heterocycles. The second-order valence-corrected chi connectivity index (χ2v) is 7.52. The standard InChI is InChI=1S/C14H28N2OS.ClH/c1-11(12-5-7-15-8-6-12)9-13(17)16-10-14(2,3)18-4;/h11-12,15H,5-10H2,1-4H3,(H,16,17);1H. The molecule has 1 aliphatic heterocycles. The molecule has 0 radical (unpaired) electrons. The zero-order valence-corrected chi connectivity index (χ0v) is 14.3. The Balaban J connectivity index is 0.00000324. The molecule has 2 N–H and O–H groups in total. The number of nitrogens with one attached hydrogen (secondary N) is 2. The second kappa shape index (κ2) is 9.09. The van der Waals surface area contributed by atoms with Gasteiger partial charge in [-0.15, -0.1) is 12.4 Å². The minimum Gasteiger partial charge on any atom is -0.355 e. The molecular formula is C14H29ClN2OS. The quantitative estimate of drug-likeness (QED) is 0.792. The smallest absolute Gasteiger partial charge is 0.220 e. The zero-order valence-electron chi connectivity index (χ0n) is 12.6. The van der Waals surface area contributed by atoms with Gasteiger partial charge in [0, 0.05) is 17.7 Å². The Kier molecular flexibility index (Phi) is 9.12. The van der Waals surface area contributed by atoms with Crippen LogP contribution in [0.5, 0.6) is 0 Å². The van der Waals surface area contributed by atoms with E-state index in [1.54, 1.807) is 11.8 Å². The van der Waals surface area contributed by atoms with Crippen molar-refractivity contribution in [1.29, 1.82) is 0 Å². The van der Waals surface area contributed by atoms with Crippen molar-refractivity contribution in [3.8, 4) is 0 Å². The Morgan fingerprint density at radius 1 is 1.42 bits per heavy atom. The van der Waals surface area contributed by atoms with Crippen molar-refractivity contribution in [2.45, 2.75) is 44.8 Å². The van der Waals surface area contributed by atoms with E-state index in [9.17, 15) is 4.79 Å². The highest BCUT2D eigenvalue weighted by Gasteiger charge is 2.23. The number of carbonyl (C=O) groups is 1. The van der Waals surface area contributed by atoms with Crippen LogP contribution in [0.2, 0.25) is 0 Å². The number of piperidine rings is 1. The second-order valence-electron chi connectivity index (χ2n) is 6.01. The summed E-state index contributed by atoms with van der Waals surface area (Å²) in [5.74, 6) is 1.43. The summed E-state index contributed by atoms with van der Waals surface area (Å²) in [5.41, 5.74) is 0. The molecular weight excluding hydrogens is 280 g/mol. The number of amides is 1. The summed E-state index contributed by atoms with van der Waals surface area (Å²) >= 11 is 1.79. The molecule has 1 unspecified atom stereocenters. The van der Waals surface area contributed by atoms with Crippen molar-refractivity contribution in [3.05, 3.63) is 0 Å². The number of hydrogen-bond donors (Lipinski definition) is 2. The maximum atomic E-state index is 11.9. The van der Waals surface area contributed by atoms with Crippen LogP contribution in [0.4, 0.5) is 0 Å². The fourth-order valence-electron chi connectivity index (χ4n) is 2.33. The third-order valence-corrected chi connectivity index (χ3v) is 5.21. The third kappa shape index (κ3) is 7.42. The largest absolute Gasteiger partial charge is 0.355 e. The first kappa shape index (κ1) is 19.1. The van der Waals surface area contributed by atoms with Crippen LogP contribution in [0.15, 0.2) is 0 Å². The van der Waals surface area contributed by atoms with Gasteiger partial charge in [0.05, 0.1) is 0 Å². The van der Waals surface area contributed by atoms with E-state index in [1.807, 2.05) is 0 Å². The molecule has 0 aromatic rings. The first-order chi connectivity index (χ1) is 8.44. The monoisotopic (exact) mass is 308 g/mol. The lowest BCUT2D eigenvalue weighted by Crippen LogP contribution is -2.38. The van der Waals surface area contributed by atoms with Crippen LogP contribution in [-0.2, 0) is 4.79 Å². The van der Waals surface area contributed by atoms with Gasteiger partial charge in [-0.25, -0.2) is 0 Å². The van der Waals surface area contributed by atoms with E-state index in [-0.39, 0.29) is 23.1 Å². The highest BCUT2D eigenvalue weighted by molar-refractivity contribution is 7.99. The predicted octanol–water partition coefficient (Wildman–Crippen LogP) is 2.69. The number of rotatable bonds is 6. The van der Waals surface area contributed by atoms with Crippen LogP contribution in [0.25, 0.3) is 0 Å². The van der Waals surface area contributed by atoms with Crippen LogP contribution in [-0.4, -0.2) is 36.5 Å². The molecule has 1 amide bonds. The molecule has 0 saturated carbocycles. The molecule has 1 saturated heterocycles. The average molecular weight is 309 g/mol. The molecule has 5 heteroatoms. The summed E-state index contributed by atoms with van der Waals surface area (Å²) in [5, 5.41) is 6.44. The maximum absolute atomic E-state index is 11.9. The summed E-state index contributed by atoms with van der Waals surface area (Å²) in [6.07, 6.45) is 5.19. The Labute approximate surface area is 128 Å². The lowest BCUT2D eigenvalue weighted by atomic mass is 9.84. The number of thioether (sulfide) groups is 1. The Hall–Kier alpha value is 0.0700. The van der Waals surface area contributed by atoms with Crippen molar-refractivity contribution < 1.29 is 4.79 Å². The number of hydrogen-bond acceptors (Lipinski definition) is 3. The number of halogens is 1. The van der Waals surface area contributed by atoms with Gasteiger partial charge >= 0.3 is 0 Å². The Morgan fingerprint density at radius 2 is 2.00 bits per heavy atom. The summed E-state index contributed by atoms with van der Waals surface area (Å²) in [4.78, 5) is 11.9. The zero-order chi connectivity index (χ0) is 13.6. The van der Waals surface area contributed by atoms with E-state index in [0.29, 0.717) is 18.3 Å². The first-order valence-electron chi connectivity index (χ1n) is 6.97. The summed E-state index contributed by atoms with van der Waals surface area (Å²) in [6.45, 7) is 9.51. The van der Waals surface area contributed by atoms with E-state index in [1.165, 1.54) is 12.8 Å². The number of carbonyl (C=O) groups excluding carboxylic acids is 1. The lowest BCUT2D eigenvalue weighted by molar-refractivity contribution is -0.122. The van der Waals surface area contributed by atoms with Gasteiger partial charge in [-0.1, -0.05) is 6.92 Å². The van der Waals surface area contributed by atoms with Crippen LogP contribution >= 0.6 is 24.2 Å². The van der Waals surface area contributed by atoms with Crippen molar-refractivity contribution in [3.63, 3.8) is 0 Å². The highest BCUT2D eigenvalue weighted by Crippen LogP contribution is 2.24. The van der Waals surface area contributed by atoms with Gasteiger partial charge in [0.2, 0.25) is 5.91 Å². The molecule has 3 nitrogen and oxygen atoms in total. The summed E-state index contributed by atoms with van der Waals surface area (Å²) in [6, 6.07) is 0. The Bertz CT molecular complexity index is 268. The van der Waals surface area contributed by atoms with Gasteiger partial charge in [-0.3, -0.25) is 4.79 Å². The van der Waals surface area contributed by atoms with Gasteiger partial charge < -0.3 is 10.6 Å². The van der Waals surface area contributed by atoms with E-state index < -0.39 is 0 Å². The minimum atomic E-state index is 0. The van der Waals surface area contributed by atoms with Crippen LogP contribution in [0, 0.1) is 11.8 Å². The van der Waals surface area contributed by atoms with E-state index in [2.05, 4.69) is 37.7 Å². The molecule has 19 heavy (non-hydrogen) atoms. The predicted molar refractivity (Wildman–Crippen MR) is 87.2 cm³/mol. The summed E-state index contributed by atoms with van der Waals surface area (Å²) in [7, 11) is 0. The first-order valence-corrected chi connectivity index (χ1v) is 8.19. The van der Waals surface area contributed by atoms with E-state index >= 15 is 0 Å². The molecule has 0 aromatic heterocycles.